The van der Waals surface area contributed by atoms with Crippen LogP contribution in [0.3, 0.4) is 0 Å². The van der Waals surface area contributed by atoms with Crippen molar-refractivity contribution in [1.82, 2.24) is 4.90 Å². The summed E-state index contributed by atoms with van der Waals surface area (Å²) in [5.74, 6) is 0. The van der Waals surface area contributed by atoms with Crippen LogP contribution in [-0.2, 0) is 4.74 Å². The van der Waals surface area contributed by atoms with Crippen LogP contribution >= 0.6 is 15.9 Å². The first-order chi connectivity index (χ1) is 6.74. The van der Waals surface area contributed by atoms with Crippen molar-refractivity contribution >= 4 is 22.0 Å². The van der Waals surface area contributed by atoms with Gasteiger partial charge in [0, 0.05) is 10.7 Å². The highest BCUT2D eigenvalue weighted by Crippen LogP contribution is 2.17. The van der Waals surface area contributed by atoms with Gasteiger partial charge >= 0.3 is 6.09 Å². The van der Waals surface area contributed by atoms with Crippen molar-refractivity contribution in [2.24, 2.45) is 0 Å². The molecule has 3 nitrogen and oxygen atoms in total. The van der Waals surface area contributed by atoms with E-state index >= 15 is 0 Å². The number of allylic oxidation sites excluding steroid dienone is 1. The van der Waals surface area contributed by atoms with Gasteiger partial charge in [-0.25, -0.2) is 4.79 Å². The molecule has 1 aliphatic heterocycles. The number of halogens is 1. The normalized spacial score (nSPS) is 17.4. The lowest BCUT2D eigenvalue weighted by atomic mass is 10.2. The minimum Gasteiger partial charge on any atom is -0.447 e. The molecule has 80 valence electrons. The number of cyclic esters (lactones) is 1. The minimum absolute atomic E-state index is 0.238. The fourth-order valence-corrected chi connectivity index (χ4v) is 1.83. The summed E-state index contributed by atoms with van der Waals surface area (Å²) in [6, 6.07) is 0. The largest absolute Gasteiger partial charge is 0.447 e. The van der Waals surface area contributed by atoms with Crippen LogP contribution in [-0.4, -0.2) is 24.1 Å². The molecule has 1 saturated heterocycles. The molecule has 0 aromatic carbocycles. The molecule has 0 saturated carbocycles. The lowest BCUT2D eigenvalue weighted by Crippen LogP contribution is -2.17. The average molecular weight is 262 g/mol. The van der Waals surface area contributed by atoms with Crippen LogP contribution in [0.5, 0.6) is 0 Å². The zero-order valence-corrected chi connectivity index (χ0v) is 10.0. The van der Waals surface area contributed by atoms with Gasteiger partial charge in [-0.2, -0.15) is 0 Å². The maximum Gasteiger partial charge on any atom is 0.414 e. The predicted molar refractivity (Wildman–Crippen MR) is 59.2 cm³/mol. The standard InChI is InChI=1S/C10H16BrNO2/c1-2-3-4-5-9(11)8-12-6-7-14-10(12)13/h8H,2-7H2,1H3/b9-8+. The number of ether oxygens (including phenoxy) is 1. The topological polar surface area (TPSA) is 29.5 Å². The second-order valence-corrected chi connectivity index (χ2v) is 4.36. The summed E-state index contributed by atoms with van der Waals surface area (Å²) < 4.78 is 5.89. The van der Waals surface area contributed by atoms with Gasteiger partial charge in [0.15, 0.2) is 0 Å². The van der Waals surface area contributed by atoms with E-state index in [0.29, 0.717) is 13.2 Å². The van der Waals surface area contributed by atoms with Crippen LogP contribution in [0.15, 0.2) is 10.7 Å². The van der Waals surface area contributed by atoms with E-state index in [-0.39, 0.29) is 6.09 Å². The molecule has 0 N–H and O–H groups in total. The van der Waals surface area contributed by atoms with Crippen LogP contribution in [0.2, 0.25) is 0 Å². The van der Waals surface area contributed by atoms with Crippen molar-refractivity contribution < 1.29 is 9.53 Å². The third kappa shape index (κ3) is 3.70. The van der Waals surface area contributed by atoms with Crippen molar-refractivity contribution in [2.45, 2.75) is 32.6 Å². The Labute approximate surface area is 93.2 Å². The highest BCUT2D eigenvalue weighted by Gasteiger charge is 2.19. The number of unbranched alkanes of at least 4 members (excludes halogenated alkanes) is 2. The molecule has 0 bridgehead atoms. The highest BCUT2D eigenvalue weighted by molar-refractivity contribution is 9.11. The molecular formula is C10H16BrNO2. The molecule has 1 fully saturated rings. The van der Waals surface area contributed by atoms with E-state index in [9.17, 15) is 4.79 Å². The van der Waals surface area contributed by atoms with Gasteiger partial charge in [0.2, 0.25) is 0 Å². The maximum absolute atomic E-state index is 11.1. The summed E-state index contributed by atoms with van der Waals surface area (Å²) in [5, 5.41) is 0. The number of rotatable bonds is 5. The molecule has 0 aromatic rings. The molecule has 14 heavy (non-hydrogen) atoms. The predicted octanol–water partition coefficient (Wildman–Crippen LogP) is 3.26. The highest BCUT2D eigenvalue weighted by atomic mass is 79.9. The molecule has 4 heteroatoms. The van der Waals surface area contributed by atoms with E-state index in [0.717, 1.165) is 17.3 Å². The van der Waals surface area contributed by atoms with E-state index in [1.54, 1.807) is 4.90 Å². The molecule has 0 aliphatic carbocycles. The van der Waals surface area contributed by atoms with Crippen molar-refractivity contribution in [3.8, 4) is 0 Å². The van der Waals surface area contributed by atoms with Gasteiger partial charge in [0.25, 0.3) is 0 Å². The van der Waals surface area contributed by atoms with Gasteiger partial charge in [0.1, 0.15) is 6.61 Å². The summed E-state index contributed by atoms with van der Waals surface area (Å²) >= 11 is 3.46. The summed E-state index contributed by atoms with van der Waals surface area (Å²) in [7, 11) is 0. The maximum atomic E-state index is 11.1. The number of hydrogen-bond donors (Lipinski definition) is 0. The van der Waals surface area contributed by atoms with Gasteiger partial charge < -0.3 is 4.74 Å². The Hall–Kier alpha value is -0.510. The quantitative estimate of drug-likeness (QED) is 0.712. The molecule has 1 amide bonds. The molecule has 0 aromatic heterocycles. The van der Waals surface area contributed by atoms with Gasteiger partial charge in [-0.3, -0.25) is 4.90 Å². The molecule has 1 heterocycles. The van der Waals surface area contributed by atoms with Crippen LogP contribution in [0.4, 0.5) is 4.79 Å². The number of carbonyl (C=O) groups excluding carboxylic acids is 1. The Morgan fingerprint density at radius 3 is 3.00 bits per heavy atom. The average Bonchev–Trinajstić information content (AvgIpc) is 2.52. The number of carbonyl (C=O) groups is 1. The van der Waals surface area contributed by atoms with Crippen molar-refractivity contribution in [3.05, 3.63) is 10.7 Å². The zero-order valence-electron chi connectivity index (χ0n) is 8.46. The Bertz CT molecular complexity index is 228. The number of amides is 1. The van der Waals surface area contributed by atoms with Crippen LogP contribution in [0.25, 0.3) is 0 Å². The summed E-state index contributed by atoms with van der Waals surface area (Å²) in [5.41, 5.74) is 0. The van der Waals surface area contributed by atoms with Gasteiger partial charge in [0.05, 0.1) is 6.54 Å². The van der Waals surface area contributed by atoms with Gasteiger partial charge in [-0.05, 0) is 12.8 Å². The lowest BCUT2D eigenvalue weighted by Gasteiger charge is -2.07. The first-order valence-corrected chi connectivity index (χ1v) is 5.83. The monoisotopic (exact) mass is 261 g/mol. The van der Waals surface area contributed by atoms with E-state index in [4.69, 9.17) is 4.74 Å². The SMILES string of the molecule is CCCCC/C(Br)=C\N1CCOC1=O. The van der Waals surface area contributed by atoms with Crippen molar-refractivity contribution in [2.75, 3.05) is 13.2 Å². The fourth-order valence-electron chi connectivity index (χ4n) is 1.30. The summed E-state index contributed by atoms with van der Waals surface area (Å²) in [6.45, 7) is 3.35. The Balaban J connectivity index is 2.31. The smallest absolute Gasteiger partial charge is 0.414 e. The van der Waals surface area contributed by atoms with Gasteiger partial charge in [-0.15, -0.1) is 0 Å². The Kier molecular flexibility index (Phi) is 5.01. The van der Waals surface area contributed by atoms with E-state index in [2.05, 4.69) is 22.9 Å². The van der Waals surface area contributed by atoms with Crippen LogP contribution in [0, 0.1) is 0 Å². The van der Waals surface area contributed by atoms with Gasteiger partial charge in [-0.1, -0.05) is 35.7 Å². The fraction of sp³-hybridized carbons (Fsp3) is 0.700. The first kappa shape index (κ1) is 11.6. The van der Waals surface area contributed by atoms with Crippen LogP contribution < -0.4 is 0 Å². The third-order valence-electron chi connectivity index (χ3n) is 2.11. The van der Waals surface area contributed by atoms with Crippen molar-refractivity contribution in [3.63, 3.8) is 0 Å². The molecule has 0 atom stereocenters. The Morgan fingerprint density at radius 2 is 2.43 bits per heavy atom. The second-order valence-electron chi connectivity index (χ2n) is 3.34. The molecule has 0 unspecified atom stereocenters. The molecule has 0 radical (unpaired) electrons. The number of hydrogen-bond acceptors (Lipinski definition) is 2. The van der Waals surface area contributed by atoms with E-state index in [1.165, 1.54) is 12.8 Å². The lowest BCUT2D eigenvalue weighted by molar-refractivity contribution is 0.166. The van der Waals surface area contributed by atoms with Crippen molar-refractivity contribution in [1.29, 1.82) is 0 Å². The number of nitrogens with zero attached hydrogens (tertiary/aromatic N) is 1. The molecule has 1 aliphatic rings. The second kappa shape index (κ2) is 6.06. The molecule has 1 rings (SSSR count). The Morgan fingerprint density at radius 1 is 1.64 bits per heavy atom. The van der Waals surface area contributed by atoms with E-state index in [1.807, 2.05) is 6.20 Å². The zero-order chi connectivity index (χ0) is 10.4. The molecule has 0 spiro atoms. The summed E-state index contributed by atoms with van der Waals surface area (Å²) in [4.78, 5) is 12.7. The first-order valence-electron chi connectivity index (χ1n) is 5.03. The minimum atomic E-state index is -0.238. The summed E-state index contributed by atoms with van der Waals surface area (Å²) in [6.07, 6.45) is 6.20. The third-order valence-corrected chi connectivity index (χ3v) is 2.71. The van der Waals surface area contributed by atoms with Crippen LogP contribution in [0.1, 0.15) is 32.6 Å². The molecular weight excluding hydrogens is 246 g/mol. The van der Waals surface area contributed by atoms with E-state index < -0.39 is 0 Å².